The third-order valence-corrected chi connectivity index (χ3v) is 0.766. The van der Waals surface area contributed by atoms with E-state index >= 15 is 0 Å². The number of rotatable bonds is 2. The molecule has 5 nitrogen and oxygen atoms in total. The number of ether oxygens (including phenoxy) is 2. The van der Waals surface area contributed by atoms with Crippen molar-refractivity contribution < 1.29 is 23.9 Å². The van der Waals surface area contributed by atoms with Crippen molar-refractivity contribution >= 4 is 17.7 Å². The highest BCUT2D eigenvalue weighted by molar-refractivity contribution is 5.79. The molecule has 13 heavy (non-hydrogen) atoms. The summed E-state index contributed by atoms with van der Waals surface area (Å²) in [6, 6.07) is 0. The first-order chi connectivity index (χ1) is 5.90. The molecule has 0 aromatic carbocycles. The summed E-state index contributed by atoms with van der Waals surface area (Å²) in [4.78, 5) is 29.6. The molecular formula is C8H14O5. The van der Waals surface area contributed by atoms with Gasteiger partial charge in [-0.15, -0.1) is 0 Å². The van der Waals surface area contributed by atoms with Crippen molar-refractivity contribution in [2.24, 2.45) is 0 Å². The molecule has 5 heteroatoms. The lowest BCUT2D eigenvalue weighted by atomic mass is 10.5. The fourth-order valence-electron chi connectivity index (χ4n) is 0.203. The summed E-state index contributed by atoms with van der Waals surface area (Å²) in [5.41, 5.74) is 0. The summed E-state index contributed by atoms with van der Waals surface area (Å²) < 4.78 is 8.43. The Morgan fingerprint density at radius 2 is 1.38 bits per heavy atom. The molecule has 0 spiro atoms. The van der Waals surface area contributed by atoms with Gasteiger partial charge in [0.25, 0.3) is 0 Å². The van der Waals surface area contributed by atoms with Gasteiger partial charge < -0.3 is 9.47 Å². The second-order valence-corrected chi connectivity index (χ2v) is 2.18. The van der Waals surface area contributed by atoms with Crippen molar-refractivity contribution in [2.75, 3.05) is 13.7 Å². The maximum absolute atomic E-state index is 10.1. The molecule has 0 aromatic heterocycles. The molecule has 0 unspecified atom stereocenters. The Labute approximate surface area is 77.0 Å². The van der Waals surface area contributed by atoms with Crippen molar-refractivity contribution in [3.05, 3.63) is 0 Å². The van der Waals surface area contributed by atoms with Gasteiger partial charge in [-0.25, -0.2) is 0 Å². The minimum Gasteiger partial charge on any atom is -0.469 e. The van der Waals surface area contributed by atoms with E-state index in [4.69, 9.17) is 0 Å². The molecule has 0 radical (unpaired) electrons. The van der Waals surface area contributed by atoms with Crippen LogP contribution in [0, 0.1) is 0 Å². The van der Waals surface area contributed by atoms with Crippen molar-refractivity contribution in [1.29, 1.82) is 0 Å². The average molecular weight is 190 g/mol. The first-order valence-corrected chi connectivity index (χ1v) is 3.57. The van der Waals surface area contributed by atoms with Crippen molar-refractivity contribution in [1.82, 2.24) is 0 Å². The maximum atomic E-state index is 10.1. The number of hydrogen-bond acceptors (Lipinski definition) is 5. The smallest absolute Gasteiger partial charge is 0.303 e. The SMILES string of the molecule is CC(=O)COC(C)=O.COC(C)=O. The van der Waals surface area contributed by atoms with E-state index in [9.17, 15) is 14.4 Å². The molecule has 76 valence electrons. The van der Waals surface area contributed by atoms with Crippen LogP contribution in [0.25, 0.3) is 0 Å². The topological polar surface area (TPSA) is 69.7 Å². The Balaban J connectivity index is 0. The van der Waals surface area contributed by atoms with Gasteiger partial charge in [-0.1, -0.05) is 0 Å². The molecule has 0 heterocycles. The van der Waals surface area contributed by atoms with E-state index in [0.717, 1.165) is 0 Å². The normalized spacial score (nSPS) is 7.69. The van der Waals surface area contributed by atoms with Crippen LogP contribution >= 0.6 is 0 Å². The minimum atomic E-state index is -0.416. The number of methoxy groups -OCH3 is 1. The van der Waals surface area contributed by atoms with Crippen LogP contribution in [0.5, 0.6) is 0 Å². The van der Waals surface area contributed by atoms with Crippen molar-refractivity contribution in [3.8, 4) is 0 Å². The first-order valence-electron chi connectivity index (χ1n) is 3.57. The van der Waals surface area contributed by atoms with E-state index in [-0.39, 0.29) is 18.4 Å². The summed E-state index contributed by atoms with van der Waals surface area (Å²) in [7, 11) is 1.35. The number of carbonyl (C=O) groups is 3. The number of ketones is 1. The summed E-state index contributed by atoms with van der Waals surface area (Å²) in [6.07, 6.45) is 0. The van der Waals surface area contributed by atoms with Gasteiger partial charge in [-0.05, 0) is 6.92 Å². The highest BCUT2D eigenvalue weighted by atomic mass is 16.5. The van der Waals surface area contributed by atoms with Gasteiger partial charge in [-0.2, -0.15) is 0 Å². The second-order valence-electron chi connectivity index (χ2n) is 2.18. The van der Waals surface area contributed by atoms with Crippen LogP contribution in [0.4, 0.5) is 0 Å². The van der Waals surface area contributed by atoms with Crippen molar-refractivity contribution in [2.45, 2.75) is 20.8 Å². The van der Waals surface area contributed by atoms with E-state index in [1.165, 1.54) is 27.9 Å². The molecule has 0 fully saturated rings. The lowest BCUT2D eigenvalue weighted by molar-refractivity contribution is -0.145. The van der Waals surface area contributed by atoms with Crippen LogP contribution in [0.1, 0.15) is 20.8 Å². The third kappa shape index (κ3) is 25.0. The second kappa shape index (κ2) is 8.70. The van der Waals surface area contributed by atoms with E-state index in [1.807, 2.05) is 0 Å². The Morgan fingerprint density at radius 3 is 1.46 bits per heavy atom. The predicted octanol–water partition coefficient (Wildman–Crippen LogP) is 0.318. The summed E-state index contributed by atoms with van der Waals surface area (Å²) >= 11 is 0. The third-order valence-electron chi connectivity index (χ3n) is 0.766. The van der Waals surface area contributed by atoms with Crippen LogP contribution in [0.3, 0.4) is 0 Å². The van der Waals surface area contributed by atoms with Gasteiger partial charge in [-0.3, -0.25) is 14.4 Å². The number of esters is 2. The Bertz CT molecular complexity index is 171. The van der Waals surface area contributed by atoms with Crippen LogP contribution in [-0.4, -0.2) is 31.4 Å². The number of carbonyl (C=O) groups excluding carboxylic acids is 3. The monoisotopic (exact) mass is 190 g/mol. The van der Waals surface area contributed by atoms with Crippen LogP contribution in [0.15, 0.2) is 0 Å². The zero-order chi connectivity index (χ0) is 10.9. The zero-order valence-electron chi connectivity index (χ0n) is 8.25. The van der Waals surface area contributed by atoms with E-state index < -0.39 is 5.97 Å². The fourth-order valence-corrected chi connectivity index (χ4v) is 0.203. The fraction of sp³-hybridized carbons (Fsp3) is 0.625. The van der Waals surface area contributed by atoms with Crippen LogP contribution in [-0.2, 0) is 23.9 Å². The van der Waals surface area contributed by atoms with Crippen LogP contribution in [0.2, 0.25) is 0 Å². The molecular weight excluding hydrogens is 176 g/mol. The highest BCUT2D eigenvalue weighted by Crippen LogP contribution is 1.75. The van der Waals surface area contributed by atoms with Gasteiger partial charge in [0.05, 0.1) is 7.11 Å². The minimum absolute atomic E-state index is 0.102. The standard InChI is InChI=1S/C5H8O3.C3H6O2/c1-4(6)3-8-5(2)7;1-3(4)5-2/h3H2,1-2H3;1-2H3. The van der Waals surface area contributed by atoms with Gasteiger partial charge >= 0.3 is 11.9 Å². The Morgan fingerprint density at radius 1 is 1.00 bits per heavy atom. The summed E-state index contributed by atoms with van der Waals surface area (Å²) in [6.45, 7) is 3.89. The first kappa shape index (κ1) is 14.2. The van der Waals surface area contributed by atoms with Gasteiger partial charge in [0, 0.05) is 13.8 Å². The lowest BCUT2D eigenvalue weighted by Crippen LogP contribution is -2.07. The molecule has 0 saturated carbocycles. The van der Waals surface area contributed by atoms with Crippen LogP contribution < -0.4 is 0 Å². The lowest BCUT2D eigenvalue weighted by Gasteiger charge is -1.93. The van der Waals surface area contributed by atoms with E-state index in [1.54, 1.807) is 0 Å². The quantitative estimate of drug-likeness (QED) is 0.586. The van der Waals surface area contributed by atoms with Gasteiger partial charge in [0.15, 0.2) is 5.78 Å². The van der Waals surface area contributed by atoms with E-state index in [2.05, 4.69) is 9.47 Å². The molecule has 0 aliphatic rings. The Kier molecular flexibility index (Phi) is 9.48. The molecule has 0 aromatic rings. The largest absolute Gasteiger partial charge is 0.469 e. The molecule has 0 N–H and O–H groups in total. The summed E-state index contributed by atoms with van der Waals surface area (Å²) in [5.74, 6) is -0.801. The average Bonchev–Trinajstić information content (AvgIpc) is 2.02. The number of Topliss-reactive ketones (excluding diaryl/α,β-unsaturated/α-hetero) is 1. The molecule has 0 rings (SSSR count). The molecule has 0 atom stereocenters. The highest BCUT2D eigenvalue weighted by Gasteiger charge is 1.94. The summed E-state index contributed by atoms with van der Waals surface area (Å²) in [5, 5.41) is 0. The molecule has 0 bridgehead atoms. The molecule has 0 aliphatic carbocycles. The molecule has 0 saturated heterocycles. The van der Waals surface area contributed by atoms with E-state index in [0.29, 0.717) is 0 Å². The number of hydrogen-bond donors (Lipinski definition) is 0. The molecule has 0 amide bonds. The Hall–Kier alpha value is -1.39. The van der Waals surface area contributed by atoms with Gasteiger partial charge in [0.2, 0.25) is 0 Å². The van der Waals surface area contributed by atoms with Gasteiger partial charge in [0.1, 0.15) is 6.61 Å². The maximum Gasteiger partial charge on any atom is 0.303 e. The zero-order valence-corrected chi connectivity index (χ0v) is 8.25. The van der Waals surface area contributed by atoms with Crippen molar-refractivity contribution in [3.63, 3.8) is 0 Å². The predicted molar refractivity (Wildman–Crippen MR) is 45.0 cm³/mol. The molecule has 0 aliphatic heterocycles.